The molecule has 0 saturated carbocycles. The molecule has 1 heterocycles. The van der Waals surface area contributed by atoms with Crippen molar-refractivity contribution in [1.29, 1.82) is 0 Å². The van der Waals surface area contributed by atoms with E-state index in [1.54, 1.807) is 0 Å². The van der Waals surface area contributed by atoms with Crippen molar-refractivity contribution in [3.05, 3.63) is 71.8 Å². The van der Waals surface area contributed by atoms with Crippen LogP contribution >= 0.6 is 0 Å². The fraction of sp³-hybridized carbons (Fsp3) is 0.350. The zero-order valence-corrected chi connectivity index (χ0v) is 14.0. The zero-order valence-electron chi connectivity index (χ0n) is 14.0. The molecule has 0 aliphatic carbocycles. The highest BCUT2D eigenvalue weighted by Gasteiger charge is 2.46. The molecule has 4 nitrogen and oxygen atoms in total. The van der Waals surface area contributed by atoms with Gasteiger partial charge in [0, 0.05) is 0 Å². The summed E-state index contributed by atoms with van der Waals surface area (Å²) < 4.78 is 31.1. The van der Waals surface area contributed by atoms with Gasteiger partial charge in [0.2, 0.25) is 0 Å². The smallest absolute Gasteiger partial charge is 0.338 e. The minimum atomic E-state index is -1.44. The molecule has 0 spiro atoms. The Hall–Kier alpha value is -2.24. The van der Waals surface area contributed by atoms with E-state index < -0.39 is 30.5 Å². The summed E-state index contributed by atoms with van der Waals surface area (Å²) in [5.74, 6) is -0.588. The van der Waals surface area contributed by atoms with Crippen molar-refractivity contribution in [3.8, 4) is 0 Å². The number of hydrogen-bond acceptors (Lipinski definition) is 4. The van der Waals surface area contributed by atoms with E-state index in [-0.39, 0.29) is 13.2 Å². The van der Waals surface area contributed by atoms with E-state index >= 15 is 0 Å². The maximum Gasteiger partial charge on any atom is 0.338 e. The van der Waals surface area contributed by atoms with Crippen LogP contribution in [0.4, 0.5) is 4.39 Å². The lowest BCUT2D eigenvalue weighted by Gasteiger charge is -2.36. The van der Waals surface area contributed by atoms with Crippen molar-refractivity contribution < 1.29 is 23.4 Å². The van der Waals surface area contributed by atoms with Gasteiger partial charge in [0.15, 0.2) is 12.3 Å². The first-order valence-electron chi connectivity index (χ1n) is 8.31. The van der Waals surface area contributed by atoms with Crippen LogP contribution in [-0.4, -0.2) is 30.5 Å². The summed E-state index contributed by atoms with van der Waals surface area (Å²) in [4.78, 5) is 12.2. The standard InChI is InChI=1S/C20H21FO4/c1-14-17(21)18(23-12-15-8-4-2-5-9-15)19(20(22)25-14)24-13-16-10-6-3-7-11-16/h2-11,14,17-19H,12-13H2,1H3/t14-,17-,18+,19-/m1/s1. The van der Waals surface area contributed by atoms with Gasteiger partial charge in [0.05, 0.1) is 13.2 Å². The van der Waals surface area contributed by atoms with Gasteiger partial charge >= 0.3 is 5.97 Å². The fourth-order valence-electron chi connectivity index (χ4n) is 2.75. The quantitative estimate of drug-likeness (QED) is 0.753. The normalized spacial score (nSPS) is 26.2. The van der Waals surface area contributed by atoms with E-state index in [1.807, 2.05) is 60.7 Å². The molecular formula is C20H21FO4. The van der Waals surface area contributed by atoms with E-state index in [9.17, 15) is 9.18 Å². The maximum absolute atomic E-state index is 14.6. The van der Waals surface area contributed by atoms with Crippen molar-refractivity contribution in [2.75, 3.05) is 0 Å². The fourth-order valence-corrected chi connectivity index (χ4v) is 2.75. The molecule has 1 aliphatic rings. The van der Waals surface area contributed by atoms with Gasteiger partial charge < -0.3 is 14.2 Å². The van der Waals surface area contributed by atoms with E-state index in [2.05, 4.69) is 0 Å². The molecule has 0 aromatic heterocycles. The van der Waals surface area contributed by atoms with Crippen molar-refractivity contribution in [1.82, 2.24) is 0 Å². The first-order valence-corrected chi connectivity index (χ1v) is 8.31. The first-order chi connectivity index (χ1) is 12.1. The Morgan fingerprint density at radius 1 is 0.920 bits per heavy atom. The number of carbonyl (C=O) groups excluding carboxylic acids is 1. The highest BCUT2D eigenvalue weighted by molar-refractivity contribution is 5.76. The maximum atomic E-state index is 14.6. The molecule has 0 amide bonds. The molecular weight excluding hydrogens is 323 g/mol. The molecule has 0 radical (unpaired) electrons. The van der Waals surface area contributed by atoms with Crippen LogP contribution in [0.5, 0.6) is 0 Å². The average molecular weight is 344 g/mol. The number of benzene rings is 2. The summed E-state index contributed by atoms with van der Waals surface area (Å²) in [7, 11) is 0. The van der Waals surface area contributed by atoms with Crippen LogP contribution in [0.25, 0.3) is 0 Å². The molecule has 0 N–H and O–H groups in total. The second kappa shape index (κ2) is 8.23. The number of halogens is 1. The monoisotopic (exact) mass is 344 g/mol. The summed E-state index contributed by atoms with van der Waals surface area (Å²) in [6.07, 6.45) is -4.39. The third-order valence-electron chi connectivity index (χ3n) is 4.15. The predicted molar refractivity (Wildman–Crippen MR) is 90.5 cm³/mol. The number of ether oxygens (including phenoxy) is 3. The molecule has 1 aliphatic heterocycles. The minimum Gasteiger partial charge on any atom is -0.457 e. The number of hydrogen-bond donors (Lipinski definition) is 0. The van der Waals surface area contributed by atoms with Crippen LogP contribution < -0.4 is 0 Å². The van der Waals surface area contributed by atoms with Gasteiger partial charge in [0.25, 0.3) is 0 Å². The Morgan fingerprint density at radius 3 is 2.00 bits per heavy atom. The summed E-state index contributed by atoms with van der Waals surface area (Å²) in [6, 6.07) is 18.8. The van der Waals surface area contributed by atoms with Crippen LogP contribution in [-0.2, 0) is 32.2 Å². The van der Waals surface area contributed by atoms with Crippen LogP contribution in [0.2, 0.25) is 0 Å². The highest BCUT2D eigenvalue weighted by Crippen LogP contribution is 2.26. The van der Waals surface area contributed by atoms with E-state index in [1.165, 1.54) is 6.92 Å². The predicted octanol–water partition coefficient (Wildman–Crippen LogP) is 3.44. The zero-order chi connectivity index (χ0) is 17.6. The Bertz CT molecular complexity index is 677. The Labute approximate surface area is 146 Å². The van der Waals surface area contributed by atoms with E-state index in [0.717, 1.165) is 11.1 Å². The molecule has 2 aromatic carbocycles. The highest BCUT2D eigenvalue weighted by atomic mass is 19.1. The molecule has 4 atom stereocenters. The van der Waals surface area contributed by atoms with Crippen LogP contribution in [0.15, 0.2) is 60.7 Å². The van der Waals surface area contributed by atoms with Gasteiger partial charge in [-0.3, -0.25) is 0 Å². The Kier molecular flexibility index (Phi) is 5.79. The van der Waals surface area contributed by atoms with Gasteiger partial charge in [-0.15, -0.1) is 0 Å². The van der Waals surface area contributed by atoms with Crippen molar-refractivity contribution in [2.45, 2.75) is 44.6 Å². The molecule has 1 fully saturated rings. The third kappa shape index (κ3) is 4.44. The lowest BCUT2D eigenvalue weighted by molar-refractivity contribution is -0.209. The van der Waals surface area contributed by atoms with Gasteiger partial charge in [-0.2, -0.15) is 0 Å². The minimum absolute atomic E-state index is 0.187. The SMILES string of the molecule is C[C@H]1OC(=O)[C@H](OCc2ccccc2)[C@@H](OCc2ccccc2)[C@@H]1F. The van der Waals surface area contributed by atoms with Crippen LogP contribution in [0.3, 0.4) is 0 Å². The van der Waals surface area contributed by atoms with E-state index in [4.69, 9.17) is 14.2 Å². The first kappa shape index (κ1) is 17.6. The van der Waals surface area contributed by atoms with E-state index in [0.29, 0.717) is 0 Å². The molecule has 132 valence electrons. The summed E-state index contributed by atoms with van der Waals surface area (Å²) in [5.41, 5.74) is 1.80. The molecule has 25 heavy (non-hydrogen) atoms. The summed E-state index contributed by atoms with van der Waals surface area (Å²) >= 11 is 0. The van der Waals surface area contributed by atoms with Gasteiger partial charge in [-0.05, 0) is 18.1 Å². The van der Waals surface area contributed by atoms with Crippen molar-refractivity contribution in [3.63, 3.8) is 0 Å². The lowest BCUT2D eigenvalue weighted by atomic mass is 10.0. The van der Waals surface area contributed by atoms with Crippen molar-refractivity contribution in [2.24, 2.45) is 0 Å². The number of alkyl halides is 1. The Balaban J connectivity index is 1.68. The lowest BCUT2D eigenvalue weighted by Crippen LogP contribution is -2.54. The molecule has 5 heteroatoms. The average Bonchev–Trinajstić information content (AvgIpc) is 2.64. The molecule has 3 rings (SSSR count). The molecule has 1 saturated heterocycles. The third-order valence-corrected chi connectivity index (χ3v) is 4.15. The van der Waals surface area contributed by atoms with Gasteiger partial charge in [-0.1, -0.05) is 60.7 Å². The number of esters is 1. The van der Waals surface area contributed by atoms with Crippen molar-refractivity contribution >= 4 is 5.97 Å². The Morgan fingerprint density at radius 2 is 1.44 bits per heavy atom. The molecule has 0 bridgehead atoms. The van der Waals surface area contributed by atoms with Crippen LogP contribution in [0, 0.1) is 0 Å². The number of carbonyl (C=O) groups is 1. The summed E-state index contributed by atoms with van der Waals surface area (Å²) in [5, 5.41) is 0. The molecule has 2 aromatic rings. The van der Waals surface area contributed by atoms with Gasteiger partial charge in [0.1, 0.15) is 12.2 Å². The largest absolute Gasteiger partial charge is 0.457 e. The van der Waals surface area contributed by atoms with Crippen LogP contribution in [0.1, 0.15) is 18.1 Å². The number of rotatable bonds is 6. The topological polar surface area (TPSA) is 44.8 Å². The summed E-state index contributed by atoms with van der Waals surface area (Å²) in [6.45, 7) is 1.92. The second-order valence-electron chi connectivity index (χ2n) is 6.06. The molecule has 0 unspecified atom stereocenters. The van der Waals surface area contributed by atoms with Gasteiger partial charge in [-0.25, -0.2) is 9.18 Å². The second-order valence-corrected chi connectivity index (χ2v) is 6.06. The number of cyclic esters (lactones) is 1.